The second-order valence-corrected chi connectivity index (χ2v) is 5.38. The standard InChI is InChI=1S/C14H13BrClFN2/c15-12-5-4-11(7-13(12)16)19-14(8-18)9-2-1-3-10(17)6-9/h1-7,14,19H,8,18H2. The Morgan fingerprint density at radius 2 is 2.05 bits per heavy atom. The van der Waals surface area contributed by atoms with Crippen molar-refractivity contribution in [3.63, 3.8) is 0 Å². The number of halogens is 3. The molecule has 0 aliphatic heterocycles. The van der Waals surface area contributed by atoms with Crippen LogP contribution in [-0.4, -0.2) is 6.54 Å². The molecule has 0 aliphatic rings. The molecule has 0 bridgehead atoms. The van der Waals surface area contributed by atoms with Crippen molar-refractivity contribution in [1.82, 2.24) is 0 Å². The van der Waals surface area contributed by atoms with E-state index in [0.717, 1.165) is 15.7 Å². The van der Waals surface area contributed by atoms with Crippen LogP contribution in [0.15, 0.2) is 46.9 Å². The molecule has 0 heterocycles. The normalized spacial score (nSPS) is 12.2. The number of nitrogens with one attached hydrogen (secondary N) is 1. The summed E-state index contributed by atoms with van der Waals surface area (Å²) in [6.07, 6.45) is 0. The van der Waals surface area contributed by atoms with E-state index in [9.17, 15) is 4.39 Å². The smallest absolute Gasteiger partial charge is 0.123 e. The van der Waals surface area contributed by atoms with Gasteiger partial charge in [0.05, 0.1) is 11.1 Å². The van der Waals surface area contributed by atoms with E-state index < -0.39 is 0 Å². The number of anilines is 1. The Kier molecular flexibility index (Phi) is 4.80. The fraction of sp³-hybridized carbons (Fsp3) is 0.143. The maximum absolute atomic E-state index is 13.2. The monoisotopic (exact) mass is 342 g/mol. The zero-order valence-electron chi connectivity index (χ0n) is 10.0. The van der Waals surface area contributed by atoms with Crippen LogP contribution in [0.4, 0.5) is 10.1 Å². The predicted octanol–water partition coefficient (Wildman–Crippen LogP) is 4.35. The van der Waals surface area contributed by atoms with E-state index >= 15 is 0 Å². The van der Waals surface area contributed by atoms with Crippen molar-refractivity contribution in [3.05, 3.63) is 63.3 Å². The van der Waals surface area contributed by atoms with Crippen LogP contribution in [0.5, 0.6) is 0 Å². The van der Waals surface area contributed by atoms with Crippen LogP contribution < -0.4 is 11.1 Å². The van der Waals surface area contributed by atoms with Gasteiger partial charge in [-0.2, -0.15) is 0 Å². The zero-order valence-corrected chi connectivity index (χ0v) is 12.4. The Hall–Kier alpha value is -1.10. The van der Waals surface area contributed by atoms with Gasteiger partial charge in [0.1, 0.15) is 5.82 Å². The third kappa shape index (κ3) is 3.69. The fourth-order valence-electron chi connectivity index (χ4n) is 1.79. The second kappa shape index (κ2) is 6.37. The molecule has 2 aromatic carbocycles. The Morgan fingerprint density at radius 3 is 2.68 bits per heavy atom. The second-order valence-electron chi connectivity index (χ2n) is 4.12. The van der Waals surface area contributed by atoms with Gasteiger partial charge in [-0.3, -0.25) is 0 Å². The third-order valence-corrected chi connectivity index (χ3v) is 3.98. The van der Waals surface area contributed by atoms with E-state index in [4.69, 9.17) is 17.3 Å². The molecule has 100 valence electrons. The van der Waals surface area contributed by atoms with Gasteiger partial charge < -0.3 is 11.1 Å². The molecule has 0 fully saturated rings. The lowest BCUT2D eigenvalue weighted by Gasteiger charge is -2.19. The minimum absolute atomic E-state index is 0.159. The van der Waals surface area contributed by atoms with Gasteiger partial charge in [-0.05, 0) is 51.8 Å². The van der Waals surface area contributed by atoms with Crippen LogP contribution in [0.25, 0.3) is 0 Å². The summed E-state index contributed by atoms with van der Waals surface area (Å²) in [5.41, 5.74) is 7.39. The van der Waals surface area contributed by atoms with Gasteiger partial charge >= 0.3 is 0 Å². The molecule has 2 rings (SSSR count). The molecule has 0 radical (unpaired) electrons. The summed E-state index contributed by atoms with van der Waals surface area (Å²) < 4.78 is 14.1. The molecule has 0 saturated heterocycles. The number of hydrogen-bond donors (Lipinski definition) is 2. The predicted molar refractivity (Wildman–Crippen MR) is 81.0 cm³/mol. The fourth-order valence-corrected chi connectivity index (χ4v) is 2.22. The molecule has 1 atom stereocenters. The first-order valence-electron chi connectivity index (χ1n) is 5.77. The highest BCUT2D eigenvalue weighted by atomic mass is 79.9. The number of rotatable bonds is 4. The van der Waals surface area contributed by atoms with Crippen molar-refractivity contribution in [2.45, 2.75) is 6.04 Å². The molecule has 3 N–H and O–H groups in total. The van der Waals surface area contributed by atoms with Gasteiger partial charge in [-0.1, -0.05) is 23.7 Å². The lowest BCUT2D eigenvalue weighted by Crippen LogP contribution is -2.20. The summed E-state index contributed by atoms with van der Waals surface area (Å²) in [7, 11) is 0. The van der Waals surface area contributed by atoms with Crippen LogP contribution in [-0.2, 0) is 0 Å². The van der Waals surface area contributed by atoms with Crippen molar-refractivity contribution in [3.8, 4) is 0 Å². The summed E-state index contributed by atoms with van der Waals surface area (Å²) in [6, 6.07) is 11.8. The molecule has 0 spiro atoms. The molecule has 0 aliphatic carbocycles. The molecule has 2 nitrogen and oxygen atoms in total. The van der Waals surface area contributed by atoms with Gasteiger partial charge in [-0.15, -0.1) is 0 Å². The Labute approximate surface area is 124 Å². The molecule has 19 heavy (non-hydrogen) atoms. The van der Waals surface area contributed by atoms with Crippen molar-refractivity contribution in [2.75, 3.05) is 11.9 Å². The molecular formula is C14H13BrClFN2. The van der Waals surface area contributed by atoms with E-state index in [0.29, 0.717) is 11.6 Å². The summed E-state index contributed by atoms with van der Waals surface area (Å²) >= 11 is 9.37. The van der Waals surface area contributed by atoms with Gasteiger partial charge in [0.2, 0.25) is 0 Å². The van der Waals surface area contributed by atoms with E-state index in [-0.39, 0.29) is 11.9 Å². The Balaban J connectivity index is 2.21. The highest BCUT2D eigenvalue weighted by Gasteiger charge is 2.10. The van der Waals surface area contributed by atoms with E-state index in [1.165, 1.54) is 12.1 Å². The lowest BCUT2D eigenvalue weighted by molar-refractivity contribution is 0.622. The molecule has 0 saturated carbocycles. The van der Waals surface area contributed by atoms with Crippen LogP contribution in [0.2, 0.25) is 5.02 Å². The number of hydrogen-bond acceptors (Lipinski definition) is 2. The minimum Gasteiger partial charge on any atom is -0.377 e. The van der Waals surface area contributed by atoms with E-state index in [2.05, 4.69) is 21.2 Å². The maximum atomic E-state index is 13.2. The molecule has 2 aromatic rings. The summed E-state index contributed by atoms with van der Waals surface area (Å²) in [4.78, 5) is 0. The minimum atomic E-state index is -0.272. The first-order chi connectivity index (χ1) is 9.10. The van der Waals surface area contributed by atoms with Crippen molar-refractivity contribution < 1.29 is 4.39 Å². The first kappa shape index (κ1) is 14.3. The molecule has 5 heteroatoms. The Bertz CT molecular complexity index is 577. The molecule has 0 amide bonds. The van der Waals surface area contributed by atoms with Crippen molar-refractivity contribution in [1.29, 1.82) is 0 Å². The molecule has 1 unspecified atom stereocenters. The summed E-state index contributed by atoms with van der Waals surface area (Å²) in [5, 5.41) is 3.85. The lowest BCUT2D eigenvalue weighted by atomic mass is 10.1. The van der Waals surface area contributed by atoms with Gasteiger partial charge in [0.15, 0.2) is 0 Å². The summed E-state index contributed by atoms with van der Waals surface area (Å²) in [6.45, 7) is 0.358. The average Bonchev–Trinajstić information content (AvgIpc) is 2.40. The van der Waals surface area contributed by atoms with Gasteiger partial charge in [-0.25, -0.2) is 4.39 Å². The van der Waals surface area contributed by atoms with Gasteiger partial charge in [0.25, 0.3) is 0 Å². The number of benzene rings is 2. The van der Waals surface area contributed by atoms with Crippen LogP contribution in [0, 0.1) is 5.82 Å². The average molecular weight is 344 g/mol. The first-order valence-corrected chi connectivity index (χ1v) is 6.94. The number of nitrogens with two attached hydrogens (primary N) is 1. The quantitative estimate of drug-likeness (QED) is 0.866. The summed E-state index contributed by atoms with van der Waals surface area (Å²) in [5.74, 6) is -0.272. The Morgan fingerprint density at radius 1 is 1.26 bits per heavy atom. The van der Waals surface area contributed by atoms with E-state index in [1.54, 1.807) is 12.1 Å². The third-order valence-electron chi connectivity index (χ3n) is 2.75. The largest absolute Gasteiger partial charge is 0.377 e. The highest BCUT2D eigenvalue weighted by molar-refractivity contribution is 9.10. The topological polar surface area (TPSA) is 38.0 Å². The van der Waals surface area contributed by atoms with Crippen LogP contribution in [0.3, 0.4) is 0 Å². The molecular weight excluding hydrogens is 331 g/mol. The maximum Gasteiger partial charge on any atom is 0.123 e. The highest BCUT2D eigenvalue weighted by Crippen LogP contribution is 2.27. The van der Waals surface area contributed by atoms with Crippen LogP contribution >= 0.6 is 27.5 Å². The molecule has 0 aromatic heterocycles. The van der Waals surface area contributed by atoms with E-state index in [1.807, 2.05) is 18.2 Å². The van der Waals surface area contributed by atoms with Gasteiger partial charge in [0, 0.05) is 16.7 Å². The van der Waals surface area contributed by atoms with Crippen molar-refractivity contribution >= 4 is 33.2 Å². The SMILES string of the molecule is NCC(Nc1ccc(Br)c(Cl)c1)c1cccc(F)c1. The van der Waals surface area contributed by atoms with Crippen LogP contribution in [0.1, 0.15) is 11.6 Å². The van der Waals surface area contributed by atoms with Crippen molar-refractivity contribution in [2.24, 2.45) is 5.73 Å². The zero-order chi connectivity index (χ0) is 13.8.